The van der Waals surface area contributed by atoms with E-state index in [2.05, 4.69) is 35.7 Å². The first-order valence-electron chi connectivity index (χ1n) is 5.00. The molecule has 1 aliphatic heterocycles. The lowest BCUT2D eigenvalue weighted by Gasteiger charge is -2.14. The number of nitrogens with one attached hydrogen (secondary N) is 1. The van der Waals surface area contributed by atoms with Crippen LogP contribution in [0.25, 0.3) is 0 Å². The molecule has 0 fully saturated rings. The molecule has 0 aliphatic carbocycles. The Hall–Kier alpha value is -1.45. The summed E-state index contributed by atoms with van der Waals surface area (Å²) in [5.74, 6) is 0.397. The van der Waals surface area contributed by atoms with Crippen LogP contribution in [-0.2, 0) is 0 Å². The van der Waals surface area contributed by atoms with Gasteiger partial charge in [-0.05, 0) is 19.3 Å². The van der Waals surface area contributed by atoms with Crippen LogP contribution in [0.1, 0.15) is 27.2 Å². The lowest BCUT2D eigenvalue weighted by molar-refractivity contribution is 0.733. The summed E-state index contributed by atoms with van der Waals surface area (Å²) in [6, 6.07) is 0. The number of amidine groups is 1. The van der Waals surface area contributed by atoms with E-state index < -0.39 is 6.09 Å². The predicted octanol–water partition coefficient (Wildman–Crippen LogP) is 2.78. The smallest absolute Gasteiger partial charge is 0.287 e. The van der Waals surface area contributed by atoms with Gasteiger partial charge in [0.1, 0.15) is 5.70 Å². The Morgan fingerprint density at radius 1 is 1.67 bits per heavy atom. The lowest BCUT2D eigenvalue weighted by Crippen LogP contribution is -2.23. The highest BCUT2D eigenvalue weighted by Gasteiger charge is 2.13. The zero-order valence-electron chi connectivity index (χ0n) is 9.34. The van der Waals surface area contributed by atoms with Gasteiger partial charge in [0.2, 0.25) is 0 Å². The van der Waals surface area contributed by atoms with Crippen molar-refractivity contribution >= 4 is 12.3 Å². The van der Waals surface area contributed by atoms with Crippen LogP contribution in [0.3, 0.4) is 0 Å². The second-order valence-electron chi connectivity index (χ2n) is 3.60. The highest BCUT2D eigenvalue weighted by Crippen LogP contribution is 2.18. The number of hydrogen-bond acceptors (Lipinski definition) is 3. The van der Waals surface area contributed by atoms with E-state index in [9.17, 15) is 4.39 Å². The van der Waals surface area contributed by atoms with Gasteiger partial charge in [0, 0.05) is 6.21 Å². The molecule has 0 saturated heterocycles. The Labute approximate surface area is 89.5 Å². The maximum absolute atomic E-state index is 12.8. The largest absolute Gasteiger partial charge is 0.314 e. The highest BCUT2D eigenvalue weighted by molar-refractivity contribution is 5.79. The molecule has 1 heterocycles. The molecule has 0 aromatic heterocycles. The Balaban J connectivity index is 2.88. The van der Waals surface area contributed by atoms with Crippen LogP contribution in [0.15, 0.2) is 33.7 Å². The van der Waals surface area contributed by atoms with Crippen molar-refractivity contribution in [3.63, 3.8) is 0 Å². The maximum Gasteiger partial charge on any atom is 0.287 e. The van der Waals surface area contributed by atoms with E-state index in [-0.39, 0.29) is 0 Å². The molecule has 3 nitrogen and oxygen atoms in total. The normalized spacial score (nSPS) is 19.2. The molecule has 0 amide bonds. The summed E-state index contributed by atoms with van der Waals surface area (Å²) in [5, 5.41) is 2.42. The SMILES string of the molecule is C=C1NC(F)=NC(C)=C1N=CC(C)CC. The summed E-state index contributed by atoms with van der Waals surface area (Å²) in [5.41, 5.74) is 1.63. The molecular weight excluding hydrogens is 193 g/mol. The highest BCUT2D eigenvalue weighted by atomic mass is 19.1. The van der Waals surface area contributed by atoms with Crippen LogP contribution in [0.2, 0.25) is 0 Å². The Bertz CT molecular complexity index is 353. The van der Waals surface area contributed by atoms with E-state index in [1.165, 1.54) is 0 Å². The molecule has 1 unspecified atom stereocenters. The van der Waals surface area contributed by atoms with Crippen molar-refractivity contribution in [2.24, 2.45) is 15.9 Å². The monoisotopic (exact) mass is 209 g/mol. The van der Waals surface area contributed by atoms with E-state index in [4.69, 9.17) is 0 Å². The minimum Gasteiger partial charge on any atom is -0.314 e. The Kier molecular flexibility index (Phi) is 3.77. The fraction of sp³-hybridized carbons (Fsp3) is 0.455. The number of hydrogen-bond donors (Lipinski definition) is 1. The summed E-state index contributed by atoms with van der Waals surface area (Å²) >= 11 is 0. The number of aliphatic imine (C=N–C) groups is 2. The molecule has 1 rings (SSSR count). The molecule has 82 valence electrons. The molecule has 1 atom stereocenters. The number of nitrogens with zero attached hydrogens (tertiary/aromatic N) is 2. The van der Waals surface area contributed by atoms with Crippen molar-refractivity contribution < 1.29 is 4.39 Å². The average molecular weight is 209 g/mol. The standard InChI is InChI=1S/C11H16FN3/c1-5-7(2)6-13-10-8(3)14-11(12)15-9(10)4/h6-7H,3,5H2,1-2,4H3,(H,14,15). The first kappa shape index (κ1) is 11.6. The average Bonchev–Trinajstić information content (AvgIpc) is 2.15. The van der Waals surface area contributed by atoms with Crippen molar-refractivity contribution in [3.05, 3.63) is 23.7 Å². The third-order valence-electron chi connectivity index (χ3n) is 2.25. The van der Waals surface area contributed by atoms with Gasteiger partial charge in [-0.1, -0.05) is 20.4 Å². The summed E-state index contributed by atoms with van der Waals surface area (Å²) in [4.78, 5) is 7.93. The van der Waals surface area contributed by atoms with Crippen molar-refractivity contribution in [2.75, 3.05) is 0 Å². The van der Waals surface area contributed by atoms with Crippen molar-refractivity contribution in [1.82, 2.24) is 5.32 Å². The van der Waals surface area contributed by atoms with E-state index in [1.807, 2.05) is 6.21 Å². The number of allylic oxidation sites excluding steroid dienone is 1. The molecule has 0 radical (unpaired) electrons. The third-order valence-corrected chi connectivity index (χ3v) is 2.25. The van der Waals surface area contributed by atoms with Crippen LogP contribution in [-0.4, -0.2) is 12.3 Å². The van der Waals surface area contributed by atoms with E-state index >= 15 is 0 Å². The second kappa shape index (κ2) is 4.87. The van der Waals surface area contributed by atoms with E-state index in [0.29, 0.717) is 23.0 Å². The minimum atomic E-state index is -0.625. The van der Waals surface area contributed by atoms with Crippen molar-refractivity contribution in [3.8, 4) is 0 Å². The second-order valence-corrected chi connectivity index (χ2v) is 3.60. The van der Waals surface area contributed by atoms with Crippen LogP contribution in [0, 0.1) is 5.92 Å². The summed E-state index contributed by atoms with van der Waals surface area (Å²) in [7, 11) is 0. The lowest BCUT2D eigenvalue weighted by atomic mass is 10.1. The predicted molar refractivity (Wildman–Crippen MR) is 61.5 cm³/mol. The number of halogens is 1. The molecule has 1 aliphatic rings. The van der Waals surface area contributed by atoms with Crippen LogP contribution < -0.4 is 5.32 Å². The molecule has 0 bridgehead atoms. The van der Waals surface area contributed by atoms with Gasteiger partial charge < -0.3 is 5.32 Å². The van der Waals surface area contributed by atoms with Gasteiger partial charge in [-0.3, -0.25) is 4.99 Å². The van der Waals surface area contributed by atoms with Crippen molar-refractivity contribution in [1.29, 1.82) is 0 Å². The molecule has 15 heavy (non-hydrogen) atoms. The summed E-state index contributed by atoms with van der Waals surface area (Å²) in [6.45, 7) is 9.57. The van der Waals surface area contributed by atoms with Gasteiger partial charge in [0.15, 0.2) is 0 Å². The molecule has 0 aromatic rings. The fourth-order valence-electron chi connectivity index (χ4n) is 1.11. The van der Waals surface area contributed by atoms with E-state index in [1.54, 1.807) is 6.92 Å². The first-order valence-corrected chi connectivity index (χ1v) is 5.00. The van der Waals surface area contributed by atoms with Gasteiger partial charge in [0.25, 0.3) is 6.09 Å². The maximum atomic E-state index is 12.8. The van der Waals surface area contributed by atoms with Gasteiger partial charge in [0.05, 0.1) is 11.4 Å². The fourth-order valence-corrected chi connectivity index (χ4v) is 1.11. The van der Waals surface area contributed by atoms with Gasteiger partial charge in [-0.15, -0.1) is 0 Å². The number of rotatable bonds is 3. The quantitative estimate of drug-likeness (QED) is 0.563. The van der Waals surface area contributed by atoms with Gasteiger partial charge in [-0.25, -0.2) is 4.99 Å². The molecule has 4 heteroatoms. The third kappa shape index (κ3) is 3.01. The van der Waals surface area contributed by atoms with Crippen LogP contribution in [0.5, 0.6) is 0 Å². The zero-order valence-corrected chi connectivity index (χ0v) is 9.34. The van der Waals surface area contributed by atoms with Gasteiger partial charge in [-0.2, -0.15) is 4.39 Å². The molecule has 1 N–H and O–H groups in total. The topological polar surface area (TPSA) is 36.8 Å². The minimum absolute atomic E-state index is 0.397. The Morgan fingerprint density at radius 2 is 2.33 bits per heavy atom. The summed E-state index contributed by atoms with van der Waals surface area (Å²) in [6.07, 6.45) is 2.23. The van der Waals surface area contributed by atoms with E-state index in [0.717, 1.165) is 6.42 Å². The molecule has 0 spiro atoms. The Morgan fingerprint density at radius 3 is 2.87 bits per heavy atom. The van der Waals surface area contributed by atoms with Crippen LogP contribution >= 0.6 is 0 Å². The molecule has 0 aromatic carbocycles. The summed E-state index contributed by atoms with van der Waals surface area (Å²) < 4.78 is 12.8. The first-order chi connectivity index (χ1) is 7.04. The van der Waals surface area contributed by atoms with Gasteiger partial charge >= 0.3 is 0 Å². The van der Waals surface area contributed by atoms with Crippen molar-refractivity contribution in [2.45, 2.75) is 27.2 Å². The molecular formula is C11H16FN3. The molecule has 0 saturated carbocycles. The van der Waals surface area contributed by atoms with Crippen LogP contribution in [0.4, 0.5) is 4.39 Å². The zero-order chi connectivity index (χ0) is 11.4.